The Kier molecular flexibility index (Phi) is 8.53. The lowest BCUT2D eigenvalue weighted by molar-refractivity contribution is 0.0488. The van der Waals surface area contributed by atoms with Gasteiger partial charge < -0.3 is 15.3 Å². The Morgan fingerprint density at radius 2 is 1.62 bits per heavy atom. The number of fused-ring (bicyclic) bond motifs is 2. The quantitative estimate of drug-likeness (QED) is 0.703. The summed E-state index contributed by atoms with van der Waals surface area (Å²) >= 11 is 6.02. The molecule has 0 saturated carbocycles. The van der Waals surface area contributed by atoms with Crippen molar-refractivity contribution in [3.05, 3.63) is 70.7 Å². The number of halogens is 2. The van der Waals surface area contributed by atoms with Crippen molar-refractivity contribution < 1.29 is 10.3 Å². The molecule has 0 aliphatic carbocycles. The summed E-state index contributed by atoms with van der Waals surface area (Å²) in [6, 6.07) is 19.3. The molecule has 0 radical (unpaired) electrons. The number of piperidine rings is 1. The van der Waals surface area contributed by atoms with E-state index in [2.05, 4.69) is 41.1 Å². The Hall–Kier alpha value is -1.59. The van der Waals surface area contributed by atoms with Gasteiger partial charge in [-0.15, -0.1) is 12.4 Å². The summed E-state index contributed by atoms with van der Waals surface area (Å²) in [6.45, 7) is 0.763. The molecular weight excluding hydrogens is 407 g/mol. The second-order valence-electron chi connectivity index (χ2n) is 7.92. The molecule has 2 N–H and O–H groups in total. The molecule has 0 aromatic heterocycles. The first-order valence-corrected chi connectivity index (χ1v) is 10.3. The second-order valence-corrected chi connectivity index (χ2v) is 8.35. The lowest BCUT2D eigenvalue weighted by atomic mass is 9.95. The lowest BCUT2D eigenvalue weighted by Crippen LogP contribution is -2.51. The first-order chi connectivity index (χ1) is 13.1. The molecule has 2 fully saturated rings. The molecule has 2 atom stereocenters. The third kappa shape index (κ3) is 5.32. The number of nitrogens with zero attached hydrogens (tertiary/aromatic N) is 2. The second kappa shape index (κ2) is 10.4. The van der Waals surface area contributed by atoms with Gasteiger partial charge in [-0.3, -0.25) is 4.79 Å². The van der Waals surface area contributed by atoms with Crippen molar-refractivity contribution in [1.82, 2.24) is 9.80 Å². The van der Waals surface area contributed by atoms with Crippen molar-refractivity contribution in [2.24, 2.45) is 0 Å². The molecular formula is C23H30Cl2N2O2. The molecule has 2 aromatic rings. The van der Waals surface area contributed by atoms with Crippen LogP contribution in [0.5, 0.6) is 0 Å². The normalized spacial score (nSPS) is 23.0. The Bertz CT molecular complexity index is 771. The molecule has 158 valence electrons. The van der Waals surface area contributed by atoms with Crippen LogP contribution in [0.3, 0.4) is 0 Å². The number of carbonyl (C=O) groups is 1. The van der Waals surface area contributed by atoms with E-state index in [4.69, 9.17) is 11.6 Å². The van der Waals surface area contributed by atoms with E-state index < -0.39 is 0 Å². The molecule has 2 aliphatic rings. The zero-order valence-corrected chi connectivity index (χ0v) is 18.3. The van der Waals surface area contributed by atoms with Gasteiger partial charge in [0.1, 0.15) is 0 Å². The summed E-state index contributed by atoms with van der Waals surface area (Å²) < 4.78 is 0. The van der Waals surface area contributed by atoms with Gasteiger partial charge >= 0.3 is 0 Å². The lowest BCUT2D eigenvalue weighted by Gasteiger charge is -2.42. The molecule has 2 aliphatic heterocycles. The van der Waals surface area contributed by atoms with E-state index in [0.717, 1.165) is 31.4 Å². The van der Waals surface area contributed by atoms with E-state index in [0.29, 0.717) is 23.1 Å². The largest absolute Gasteiger partial charge is 0.412 e. The summed E-state index contributed by atoms with van der Waals surface area (Å²) in [7, 11) is 2.24. The van der Waals surface area contributed by atoms with E-state index in [9.17, 15) is 4.79 Å². The minimum absolute atomic E-state index is 0. The molecule has 4 rings (SSSR count). The van der Waals surface area contributed by atoms with Crippen LogP contribution in [0.4, 0.5) is 0 Å². The smallest absolute Gasteiger partial charge is 0.254 e. The molecule has 2 saturated heterocycles. The Morgan fingerprint density at radius 1 is 1.03 bits per heavy atom. The first-order valence-electron chi connectivity index (χ1n) is 9.94. The molecule has 1 amide bonds. The van der Waals surface area contributed by atoms with E-state index >= 15 is 0 Å². The van der Waals surface area contributed by atoms with Crippen molar-refractivity contribution >= 4 is 29.9 Å². The highest BCUT2D eigenvalue weighted by Crippen LogP contribution is 2.36. The van der Waals surface area contributed by atoms with Crippen molar-refractivity contribution in [1.29, 1.82) is 0 Å². The fourth-order valence-corrected chi connectivity index (χ4v) is 4.87. The van der Waals surface area contributed by atoms with Crippen molar-refractivity contribution in [3.63, 3.8) is 0 Å². The molecule has 2 bridgehead atoms. The van der Waals surface area contributed by atoms with Crippen molar-refractivity contribution in [2.45, 2.75) is 50.2 Å². The van der Waals surface area contributed by atoms with E-state index in [1.807, 2.05) is 30.3 Å². The van der Waals surface area contributed by atoms with Crippen LogP contribution >= 0.6 is 24.0 Å². The zero-order valence-electron chi connectivity index (χ0n) is 16.8. The van der Waals surface area contributed by atoms with Gasteiger partial charge in [0, 0.05) is 35.3 Å². The Labute approximate surface area is 184 Å². The van der Waals surface area contributed by atoms with E-state index in [-0.39, 0.29) is 23.8 Å². The van der Waals surface area contributed by atoms with Crippen molar-refractivity contribution in [3.8, 4) is 0 Å². The predicted molar refractivity (Wildman–Crippen MR) is 121 cm³/mol. The third-order valence-electron chi connectivity index (χ3n) is 6.35. The monoisotopic (exact) mass is 436 g/mol. The first kappa shape index (κ1) is 23.7. The van der Waals surface area contributed by atoms with Gasteiger partial charge in [-0.2, -0.15) is 0 Å². The number of amides is 1. The maximum atomic E-state index is 13.4. The number of hydrogen-bond acceptors (Lipinski definition) is 2. The Morgan fingerprint density at radius 3 is 2.21 bits per heavy atom. The maximum absolute atomic E-state index is 13.4. The fraction of sp³-hybridized carbons (Fsp3) is 0.435. The Balaban J connectivity index is 0.00000150. The van der Waals surface area contributed by atoms with Crippen LogP contribution in [0.15, 0.2) is 54.6 Å². The number of benzene rings is 2. The standard InChI is InChI=1S/C23H27ClN2O.ClH.H2O/c1-25-20-11-12-21(25)16-22(15-20)26(14-13-17-5-3-2-4-6-17)23(27)18-7-9-19(24)10-8-18;;/h2-10,20-22H,11-16H2,1H3;1H;1H2. The summed E-state index contributed by atoms with van der Waals surface area (Å²) in [4.78, 5) is 18.0. The average Bonchev–Trinajstić information content (AvgIpc) is 2.90. The van der Waals surface area contributed by atoms with Gasteiger partial charge in [0.2, 0.25) is 0 Å². The predicted octanol–water partition coefficient (Wildman–Crippen LogP) is 4.25. The summed E-state index contributed by atoms with van der Waals surface area (Å²) in [5.41, 5.74) is 2.01. The fourth-order valence-electron chi connectivity index (χ4n) is 4.74. The van der Waals surface area contributed by atoms with Crippen LogP contribution in [0.1, 0.15) is 41.6 Å². The van der Waals surface area contributed by atoms with Gasteiger partial charge in [0.25, 0.3) is 5.91 Å². The van der Waals surface area contributed by atoms with Gasteiger partial charge in [0.05, 0.1) is 0 Å². The average molecular weight is 437 g/mol. The minimum atomic E-state index is 0. The zero-order chi connectivity index (χ0) is 18.8. The molecule has 2 unspecified atom stereocenters. The number of hydrogen-bond donors (Lipinski definition) is 0. The van der Waals surface area contributed by atoms with Crippen LogP contribution in [0.2, 0.25) is 5.02 Å². The molecule has 6 heteroatoms. The molecule has 0 spiro atoms. The number of carbonyl (C=O) groups excluding carboxylic acids is 1. The van der Waals surface area contributed by atoms with Crippen LogP contribution in [0.25, 0.3) is 0 Å². The highest BCUT2D eigenvalue weighted by molar-refractivity contribution is 6.30. The van der Waals surface area contributed by atoms with Crippen LogP contribution in [-0.4, -0.2) is 52.9 Å². The third-order valence-corrected chi connectivity index (χ3v) is 6.60. The van der Waals surface area contributed by atoms with Gasteiger partial charge in [-0.05, 0) is 69.0 Å². The van der Waals surface area contributed by atoms with E-state index in [1.165, 1.54) is 18.4 Å². The highest BCUT2D eigenvalue weighted by Gasteiger charge is 2.41. The molecule has 29 heavy (non-hydrogen) atoms. The summed E-state index contributed by atoms with van der Waals surface area (Å²) in [5.74, 6) is 0.136. The van der Waals surface area contributed by atoms with Gasteiger partial charge in [-0.1, -0.05) is 41.9 Å². The van der Waals surface area contributed by atoms with Gasteiger partial charge in [0.15, 0.2) is 0 Å². The summed E-state index contributed by atoms with van der Waals surface area (Å²) in [6.07, 6.45) is 5.59. The number of rotatable bonds is 5. The van der Waals surface area contributed by atoms with Crippen LogP contribution in [-0.2, 0) is 6.42 Å². The topological polar surface area (TPSA) is 55.0 Å². The van der Waals surface area contributed by atoms with Gasteiger partial charge in [-0.25, -0.2) is 0 Å². The molecule has 2 aromatic carbocycles. The van der Waals surface area contributed by atoms with Crippen LogP contribution in [0, 0.1) is 0 Å². The summed E-state index contributed by atoms with van der Waals surface area (Å²) in [5, 5.41) is 0.666. The SMILES string of the molecule is CN1C2CCC1CC(N(CCc1ccccc1)C(=O)c1ccc(Cl)cc1)C2.Cl.O. The highest BCUT2D eigenvalue weighted by atomic mass is 35.5. The molecule has 2 heterocycles. The molecule has 4 nitrogen and oxygen atoms in total. The maximum Gasteiger partial charge on any atom is 0.254 e. The van der Waals surface area contributed by atoms with Crippen molar-refractivity contribution in [2.75, 3.05) is 13.6 Å². The minimum Gasteiger partial charge on any atom is -0.412 e. The van der Waals surface area contributed by atoms with Crippen LogP contribution < -0.4 is 0 Å². The van der Waals surface area contributed by atoms with E-state index in [1.54, 1.807) is 0 Å².